The predicted molar refractivity (Wildman–Crippen MR) is 285 cm³/mol. The highest BCUT2D eigenvalue weighted by atomic mass is 31.2. The van der Waals surface area contributed by atoms with Gasteiger partial charge in [0, 0.05) is 12.3 Å². The quantitative estimate of drug-likeness (QED) is 0.0423. The Hall–Kier alpha value is -6.34. The van der Waals surface area contributed by atoms with Crippen molar-refractivity contribution in [3.63, 3.8) is 0 Å². The second-order valence-corrected chi connectivity index (χ2v) is 21.5. The van der Waals surface area contributed by atoms with Gasteiger partial charge in [-0.2, -0.15) is 0 Å². The molecule has 3 saturated heterocycles. The predicted octanol–water partition coefficient (Wildman–Crippen LogP) is 9.12. The van der Waals surface area contributed by atoms with Crippen LogP contribution in [0, 0.1) is 0 Å². The summed E-state index contributed by atoms with van der Waals surface area (Å²) >= 11 is 0. The van der Waals surface area contributed by atoms with E-state index in [4.69, 9.17) is 46.9 Å². The van der Waals surface area contributed by atoms with Gasteiger partial charge in [-0.05, 0) is 48.6 Å². The molecule has 1 aromatic heterocycles. The first-order chi connectivity index (χ1) is 37.5. The van der Waals surface area contributed by atoms with Crippen molar-refractivity contribution in [2.45, 2.75) is 115 Å². The van der Waals surface area contributed by atoms with Crippen LogP contribution >= 0.6 is 7.60 Å². The molecule has 5 aromatic carbocycles. The molecule has 1 amide bonds. The maximum absolute atomic E-state index is 15.3. The summed E-state index contributed by atoms with van der Waals surface area (Å²) in [6.45, 7) is 5.73. The molecular formula is C59H66N3O14P. The third-order valence-corrected chi connectivity index (χ3v) is 15.2. The number of nitrogens with zero attached hydrogens (tertiary/aromatic N) is 2. The lowest BCUT2D eigenvalue weighted by molar-refractivity contribution is -0.200. The van der Waals surface area contributed by atoms with Gasteiger partial charge < -0.3 is 46.9 Å². The van der Waals surface area contributed by atoms with Crippen LogP contribution in [0.5, 0.6) is 0 Å². The highest BCUT2D eigenvalue weighted by Gasteiger charge is 2.58. The molecule has 0 radical (unpaired) electrons. The number of benzene rings is 5. The number of nitrogens with one attached hydrogen (secondary N) is 1. The van der Waals surface area contributed by atoms with Crippen LogP contribution in [0.25, 0.3) is 0 Å². The van der Waals surface area contributed by atoms with E-state index in [1.165, 1.54) is 16.8 Å². The Labute approximate surface area is 448 Å². The molecular weight excluding hydrogens is 1010 g/mol. The molecule has 406 valence electrons. The van der Waals surface area contributed by atoms with Gasteiger partial charge in [-0.3, -0.25) is 23.8 Å². The van der Waals surface area contributed by atoms with E-state index >= 15 is 4.79 Å². The van der Waals surface area contributed by atoms with Crippen molar-refractivity contribution < 1.29 is 56.3 Å². The number of hydrogen-bond acceptors (Lipinski definition) is 14. The fourth-order valence-corrected chi connectivity index (χ4v) is 11.3. The van der Waals surface area contributed by atoms with Crippen LogP contribution in [0.3, 0.4) is 0 Å². The van der Waals surface area contributed by atoms with Gasteiger partial charge in [-0.15, -0.1) is 0 Å². The summed E-state index contributed by atoms with van der Waals surface area (Å²) in [5.41, 5.74) is 3.18. The number of hydrogen-bond donors (Lipinski definition) is 1. The smallest absolute Gasteiger partial charge is 0.411 e. The summed E-state index contributed by atoms with van der Waals surface area (Å²) in [4.78, 5) is 44.0. The van der Waals surface area contributed by atoms with Gasteiger partial charge in [0.2, 0.25) is 0 Å². The number of carbonyl (C=O) groups is 1. The second kappa shape index (κ2) is 26.3. The van der Waals surface area contributed by atoms with Crippen LogP contribution in [-0.4, -0.2) is 101 Å². The average Bonchev–Trinajstić information content (AvgIpc) is 4.08. The molecule has 10 atom stereocenters. The molecule has 0 saturated carbocycles. The number of carbonyl (C=O) groups excluding carboxylic acids is 1. The molecule has 9 rings (SSSR count). The standard InChI is InChI=1S/C59H66N3O14P/c1-4-72-77(66,73-41-49-53-55(76-59(2,3)75-53)56(74-49)61-33-32-50(63)60-57(61)64)34-20-31-47-52(69-37-44-25-14-7-15-26-44)54(70-38-45-27-16-8-17-28-45)51(62(47)58(65)71-39-46-29-18-9-19-30-46)48(68-36-43-23-12-6-13-24-43)40-67-35-42-21-10-5-11-22-42/h5-33,47-49,51-56H,4,34-41H2,1-3H3,(H,60,63,64)/b31-20+/t47-,48-,49-,51+,52+,53-,54+,55-,56-,77?/m1/s1. The molecule has 4 heterocycles. The van der Waals surface area contributed by atoms with Gasteiger partial charge in [-0.25, -0.2) is 9.59 Å². The van der Waals surface area contributed by atoms with Gasteiger partial charge in [0.15, 0.2) is 12.0 Å². The Morgan fingerprint density at radius 2 is 1.22 bits per heavy atom. The highest BCUT2D eigenvalue weighted by molar-refractivity contribution is 7.54. The van der Waals surface area contributed by atoms with Gasteiger partial charge >= 0.3 is 19.4 Å². The van der Waals surface area contributed by atoms with Crippen molar-refractivity contribution in [3.8, 4) is 0 Å². The first-order valence-corrected chi connectivity index (χ1v) is 27.6. The number of likely N-dealkylation sites (tertiary alicyclic amines) is 1. The number of rotatable bonds is 25. The number of aromatic nitrogens is 2. The minimum Gasteiger partial charge on any atom is -0.445 e. The maximum atomic E-state index is 15.3. The molecule has 6 aromatic rings. The topological polar surface area (TPSA) is 185 Å². The molecule has 1 unspecified atom stereocenters. The normalized spacial score (nSPS) is 23.9. The van der Waals surface area contributed by atoms with Crippen molar-refractivity contribution in [2.75, 3.05) is 26.0 Å². The maximum Gasteiger partial charge on any atom is 0.411 e. The van der Waals surface area contributed by atoms with Gasteiger partial charge in [0.25, 0.3) is 5.56 Å². The first kappa shape index (κ1) is 55.4. The number of fused-ring (bicyclic) bond motifs is 1. The largest absolute Gasteiger partial charge is 0.445 e. The lowest BCUT2D eigenvalue weighted by Gasteiger charge is -2.35. The van der Waals surface area contributed by atoms with Crippen LogP contribution in [-0.2, 0) is 84.5 Å². The zero-order valence-electron chi connectivity index (χ0n) is 43.4. The molecule has 0 bridgehead atoms. The van der Waals surface area contributed by atoms with Crippen LogP contribution in [0.1, 0.15) is 54.8 Å². The van der Waals surface area contributed by atoms with E-state index in [0.29, 0.717) is 0 Å². The minimum atomic E-state index is -4.01. The van der Waals surface area contributed by atoms with E-state index in [9.17, 15) is 14.2 Å². The Morgan fingerprint density at radius 3 is 1.79 bits per heavy atom. The zero-order valence-corrected chi connectivity index (χ0v) is 44.3. The molecule has 18 heteroatoms. The number of allylic oxidation sites excluding steroid dienone is 1. The Balaban J connectivity index is 1.07. The lowest BCUT2D eigenvalue weighted by Crippen LogP contribution is -2.52. The summed E-state index contributed by atoms with van der Waals surface area (Å²) in [6.07, 6.45) is -2.07. The fourth-order valence-electron chi connectivity index (χ4n) is 9.85. The average molecular weight is 1070 g/mol. The van der Waals surface area contributed by atoms with Crippen molar-refractivity contribution in [1.29, 1.82) is 0 Å². The van der Waals surface area contributed by atoms with Crippen LogP contribution in [0.15, 0.2) is 186 Å². The Bertz CT molecular complexity index is 2990. The summed E-state index contributed by atoms with van der Waals surface area (Å²) in [5.74, 6) is -1.05. The van der Waals surface area contributed by atoms with Crippen molar-refractivity contribution in [2.24, 2.45) is 0 Å². The van der Waals surface area contributed by atoms with E-state index in [0.717, 1.165) is 27.8 Å². The van der Waals surface area contributed by atoms with E-state index in [1.54, 1.807) is 37.8 Å². The third-order valence-electron chi connectivity index (χ3n) is 13.4. The van der Waals surface area contributed by atoms with Crippen molar-refractivity contribution in [3.05, 3.63) is 225 Å². The Morgan fingerprint density at radius 1 is 0.688 bits per heavy atom. The number of ether oxygens (including phenoxy) is 8. The summed E-state index contributed by atoms with van der Waals surface area (Å²) in [7, 11) is -4.01. The number of aromatic amines is 1. The Kier molecular flexibility index (Phi) is 19.0. The molecule has 0 aliphatic carbocycles. The minimum absolute atomic E-state index is 0.0352. The van der Waals surface area contributed by atoms with Crippen molar-refractivity contribution in [1.82, 2.24) is 14.5 Å². The van der Waals surface area contributed by atoms with E-state index in [-0.39, 0.29) is 59.0 Å². The summed E-state index contributed by atoms with van der Waals surface area (Å²) < 4.78 is 80.7. The molecule has 3 fully saturated rings. The fraction of sp³-hybridized carbons (Fsp3) is 0.373. The first-order valence-electron chi connectivity index (χ1n) is 25.9. The molecule has 3 aliphatic rings. The number of amides is 1. The monoisotopic (exact) mass is 1070 g/mol. The van der Waals surface area contributed by atoms with Gasteiger partial charge in [0.1, 0.15) is 43.2 Å². The second-order valence-electron chi connectivity index (χ2n) is 19.4. The van der Waals surface area contributed by atoms with Crippen molar-refractivity contribution >= 4 is 13.7 Å². The van der Waals surface area contributed by atoms with Gasteiger partial charge in [-0.1, -0.05) is 164 Å². The molecule has 17 nitrogen and oxygen atoms in total. The van der Waals surface area contributed by atoms with E-state index in [1.807, 2.05) is 152 Å². The molecule has 0 spiro atoms. The highest BCUT2D eigenvalue weighted by Crippen LogP contribution is 2.50. The van der Waals surface area contributed by atoms with Crippen LogP contribution < -0.4 is 11.2 Å². The zero-order chi connectivity index (χ0) is 53.6. The van der Waals surface area contributed by atoms with Crippen LogP contribution in [0.2, 0.25) is 0 Å². The summed E-state index contributed by atoms with van der Waals surface area (Å²) in [6, 6.07) is 47.9. The van der Waals surface area contributed by atoms with Crippen LogP contribution in [0.4, 0.5) is 4.79 Å². The molecule has 77 heavy (non-hydrogen) atoms. The SMILES string of the molecule is CCOP(=O)(C/C=C/[C@@H]1[C@H](OCc2ccccc2)[C@@H](OCc2ccccc2)[C@H]([C@@H](COCc2ccccc2)OCc2ccccc2)N1C(=O)OCc1ccccc1)OC[C@H]1O[C@@H](n2ccc(=O)[nH]c2=O)[C@@H]2OC(C)(C)O[C@@H]21. The van der Waals surface area contributed by atoms with Gasteiger partial charge in [0.05, 0.1) is 64.5 Å². The lowest BCUT2D eigenvalue weighted by atomic mass is 10.0. The number of H-pyrrole nitrogens is 1. The molecule has 3 aliphatic heterocycles. The molecule has 1 N–H and O–H groups in total. The van der Waals surface area contributed by atoms with E-state index < -0.39 is 85.7 Å². The van der Waals surface area contributed by atoms with E-state index in [2.05, 4.69) is 4.98 Å². The summed E-state index contributed by atoms with van der Waals surface area (Å²) in [5, 5.41) is 0. The third kappa shape index (κ3) is 14.6.